The van der Waals surface area contributed by atoms with Gasteiger partial charge in [0.1, 0.15) is 0 Å². The number of rotatable bonds is 3. The van der Waals surface area contributed by atoms with Crippen LogP contribution in [0.3, 0.4) is 0 Å². The van der Waals surface area contributed by atoms with Crippen LogP contribution in [0.25, 0.3) is 0 Å². The average molecular weight is 200 g/mol. The molecular formula is C8H12N2O2S. The molecule has 1 aromatic rings. The Bertz CT molecular complexity index is 329. The van der Waals surface area contributed by atoms with E-state index in [0.717, 1.165) is 24.4 Å². The number of hydrogen-bond acceptors (Lipinski definition) is 3. The molecule has 0 fully saturated rings. The van der Waals surface area contributed by atoms with E-state index in [9.17, 15) is 9.59 Å². The van der Waals surface area contributed by atoms with Gasteiger partial charge in [-0.05, 0) is 18.0 Å². The maximum Gasteiger partial charge on any atom is 0.335 e. The van der Waals surface area contributed by atoms with Crippen LogP contribution in [0.4, 0.5) is 4.79 Å². The van der Waals surface area contributed by atoms with Crippen LogP contribution in [-0.4, -0.2) is 16.5 Å². The lowest BCUT2D eigenvalue weighted by atomic mass is 10.3. The van der Waals surface area contributed by atoms with Crippen LogP contribution in [0.15, 0.2) is 17.1 Å². The van der Waals surface area contributed by atoms with E-state index in [1.165, 1.54) is 16.2 Å². The highest BCUT2D eigenvalue weighted by Crippen LogP contribution is 1.91. The first-order valence-electron chi connectivity index (χ1n) is 4.21. The normalized spacial score (nSPS) is 9.92. The Labute approximate surface area is 80.3 Å². The summed E-state index contributed by atoms with van der Waals surface area (Å²) in [6.07, 6.45) is 3.48. The molecule has 1 N–H and O–H groups in total. The number of amides is 1. The van der Waals surface area contributed by atoms with Gasteiger partial charge >= 0.3 is 6.03 Å². The summed E-state index contributed by atoms with van der Waals surface area (Å²) in [6, 6.07) is 1.16. The summed E-state index contributed by atoms with van der Waals surface area (Å²) in [5, 5.41) is 2.71. The minimum absolute atomic E-state index is 0.106. The van der Waals surface area contributed by atoms with Gasteiger partial charge < -0.3 is 5.32 Å². The molecule has 0 aliphatic heterocycles. The Morgan fingerprint density at radius 2 is 2.46 bits per heavy atom. The van der Waals surface area contributed by atoms with Crippen LogP contribution in [-0.2, 0) is 0 Å². The summed E-state index contributed by atoms with van der Waals surface area (Å²) in [6.45, 7) is 2.72. The lowest BCUT2D eigenvalue weighted by Crippen LogP contribution is -2.27. The zero-order valence-electron chi connectivity index (χ0n) is 7.45. The van der Waals surface area contributed by atoms with Gasteiger partial charge in [-0.2, -0.15) is 0 Å². The van der Waals surface area contributed by atoms with E-state index in [1.54, 1.807) is 0 Å². The molecule has 1 aromatic heterocycles. The van der Waals surface area contributed by atoms with Gasteiger partial charge in [0.15, 0.2) is 0 Å². The third-order valence-corrected chi connectivity index (χ3v) is 2.34. The van der Waals surface area contributed by atoms with Crippen molar-refractivity contribution >= 4 is 17.6 Å². The van der Waals surface area contributed by atoms with Gasteiger partial charge in [0, 0.05) is 18.8 Å². The zero-order valence-corrected chi connectivity index (χ0v) is 8.26. The number of carbonyl (C=O) groups excluding carboxylic acids is 1. The van der Waals surface area contributed by atoms with Crippen molar-refractivity contribution in [3.05, 3.63) is 21.8 Å². The molecule has 0 aromatic carbocycles. The van der Waals surface area contributed by atoms with Crippen molar-refractivity contribution in [2.45, 2.75) is 19.8 Å². The lowest BCUT2D eigenvalue weighted by Gasteiger charge is -2.02. The Balaban J connectivity index is 2.44. The minimum Gasteiger partial charge on any atom is -0.337 e. The van der Waals surface area contributed by atoms with Crippen LogP contribution in [0.5, 0.6) is 0 Å². The van der Waals surface area contributed by atoms with Crippen molar-refractivity contribution in [3.63, 3.8) is 0 Å². The number of carbonyl (C=O) groups is 1. The monoisotopic (exact) mass is 200 g/mol. The van der Waals surface area contributed by atoms with Crippen LogP contribution in [0, 0.1) is 0 Å². The third-order valence-electron chi connectivity index (χ3n) is 1.54. The molecule has 0 aliphatic carbocycles. The molecule has 0 saturated heterocycles. The molecule has 13 heavy (non-hydrogen) atoms. The van der Waals surface area contributed by atoms with E-state index < -0.39 is 0 Å². The lowest BCUT2D eigenvalue weighted by molar-refractivity contribution is 0.244. The highest BCUT2D eigenvalue weighted by molar-refractivity contribution is 7.04. The van der Waals surface area contributed by atoms with Crippen molar-refractivity contribution < 1.29 is 4.79 Å². The molecule has 0 aliphatic rings. The first-order chi connectivity index (χ1) is 6.24. The van der Waals surface area contributed by atoms with Gasteiger partial charge in [0.05, 0.1) is 0 Å². The number of unbranched alkanes of at least 4 members (excludes halogenated alkanes) is 1. The van der Waals surface area contributed by atoms with Gasteiger partial charge in [0.25, 0.3) is 0 Å². The maximum absolute atomic E-state index is 11.3. The van der Waals surface area contributed by atoms with E-state index in [-0.39, 0.29) is 10.8 Å². The summed E-state index contributed by atoms with van der Waals surface area (Å²) in [5.41, 5.74) is 0. The smallest absolute Gasteiger partial charge is 0.335 e. The highest BCUT2D eigenvalue weighted by atomic mass is 32.1. The largest absolute Gasteiger partial charge is 0.337 e. The summed E-state index contributed by atoms with van der Waals surface area (Å²) in [4.78, 5) is 22.0. The van der Waals surface area contributed by atoms with Crippen molar-refractivity contribution in [3.8, 4) is 0 Å². The topological polar surface area (TPSA) is 51.1 Å². The van der Waals surface area contributed by atoms with Crippen molar-refractivity contribution in [2.24, 2.45) is 0 Å². The second kappa shape index (κ2) is 4.81. The first kappa shape index (κ1) is 9.98. The molecule has 72 valence electrons. The van der Waals surface area contributed by atoms with Crippen molar-refractivity contribution in [1.82, 2.24) is 9.27 Å². The minimum atomic E-state index is -0.222. The average Bonchev–Trinajstić information content (AvgIpc) is 2.52. The third kappa shape index (κ3) is 3.02. The van der Waals surface area contributed by atoms with Crippen molar-refractivity contribution in [2.75, 3.05) is 6.54 Å². The Kier molecular flexibility index (Phi) is 3.70. The SMILES string of the molecule is CCCCNC(=O)n1ccc(=O)s1. The predicted molar refractivity (Wildman–Crippen MR) is 52.3 cm³/mol. The standard InChI is InChI=1S/C8H12N2O2S/c1-2-3-5-9-8(12)10-6-4-7(11)13-10/h4,6H,2-3,5H2,1H3,(H,9,12). The van der Waals surface area contributed by atoms with E-state index in [0.29, 0.717) is 6.54 Å². The summed E-state index contributed by atoms with van der Waals surface area (Å²) in [7, 11) is 0. The summed E-state index contributed by atoms with van der Waals surface area (Å²) in [5.74, 6) is 0. The Hall–Kier alpha value is -1.10. The fourth-order valence-corrected chi connectivity index (χ4v) is 1.43. The number of hydrogen-bond donors (Lipinski definition) is 1. The molecule has 0 spiro atoms. The number of nitrogens with one attached hydrogen (secondary N) is 1. The molecule has 0 unspecified atom stereocenters. The van der Waals surface area contributed by atoms with Gasteiger partial charge in [-0.1, -0.05) is 13.3 Å². The molecule has 4 nitrogen and oxygen atoms in total. The highest BCUT2D eigenvalue weighted by Gasteiger charge is 2.02. The molecule has 5 heteroatoms. The van der Waals surface area contributed by atoms with E-state index in [2.05, 4.69) is 12.2 Å². The molecule has 0 bridgehead atoms. The molecular weight excluding hydrogens is 188 g/mol. The van der Waals surface area contributed by atoms with Crippen LogP contribution >= 0.6 is 11.5 Å². The van der Waals surface area contributed by atoms with E-state index in [4.69, 9.17) is 0 Å². The quantitative estimate of drug-likeness (QED) is 0.747. The predicted octanol–water partition coefficient (Wildman–Crippen LogP) is 1.27. The second-order valence-electron chi connectivity index (χ2n) is 2.64. The van der Waals surface area contributed by atoms with Gasteiger partial charge in [-0.15, -0.1) is 0 Å². The number of nitrogens with zero attached hydrogens (tertiary/aromatic N) is 1. The van der Waals surface area contributed by atoms with Gasteiger partial charge in [-0.25, -0.2) is 8.75 Å². The van der Waals surface area contributed by atoms with Gasteiger partial charge in [-0.3, -0.25) is 4.79 Å². The first-order valence-corrected chi connectivity index (χ1v) is 4.98. The second-order valence-corrected chi connectivity index (χ2v) is 3.62. The molecule has 1 rings (SSSR count). The van der Waals surface area contributed by atoms with Crippen LogP contribution < -0.4 is 10.1 Å². The van der Waals surface area contributed by atoms with Gasteiger partial charge in [0.2, 0.25) is 4.74 Å². The fraction of sp³-hybridized carbons (Fsp3) is 0.500. The van der Waals surface area contributed by atoms with Crippen LogP contribution in [0.1, 0.15) is 19.8 Å². The zero-order chi connectivity index (χ0) is 9.68. The summed E-state index contributed by atoms with van der Waals surface area (Å²) < 4.78 is 1.20. The van der Waals surface area contributed by atoms with Crippen LogP contribution in [0.2, 0.25) is 0 Å². The van der Waals surface area contributed by atoms with E-state index >= 15 is 0 Å². The Morgan fingerprint density at radius 1 is 1.69 bits per heavy atom. The van der Waals surface area contributed by atoms with E-state index in [1.807, 2.05) is 0 Å². The fourth-order valence-electron chi connectivity index (χ4n) is 0.846. The molecule has 1 amide bonds. The van der Waals surface area contributed by atoms with Crippen molar-refractivity contribution in [1.29, 1.82) is 0 Å². The molecule has 0 atom stereocenters. The molecule has 0 saturated carbocycles. The molecule has 0 radical (unpaired) electrons. The molecule has 1 heterocycles. The maximum atomic E-state index is 11.3. The number of aromatic nitrogens is 1. The Morgan fingerprint density at radius 3 is 3.00 bits per heavy atom. The summed E-state index contributed by atoms with van der Waals surface area (Å²) >= 11 is 0.903.